The molecule has 1 N–H and O–H groups in total. The van der Waals surface area contributed by atoms with Gasteiger partial charge in [0.05, 0.1) is 47.2 Å². The van der Waals surface area contributed by atoms with Crippen molar-refractivity contribution in [3.05, 3.63) is 46.8 Å². The maximum Gasteiger partial charge on any atom is 0.338 e. The molecule has 0 unspecified atom stereocenters. The van der Waals surface area contributed by atoms with Gasteiger partial charge in [-0.3, -0.25) is 9.48 Å². The summed E-state index contributed by atoms with van der Waals surface area (Å²) in [6.45, 7) is 9.43. The third-order valence-electron chi connectivity index (χ3n) is 6.99. The molecule has 3 heterocycles. The Hall–Kier alpha value is -2.80. The Morgan fingerprint density at radius 3 is 2.60 bits per heavy atom. The summed E-state index contributed by atoms with van der Waals surface area (Å²) in [5.74, 6) is -0.714. The summed E-state index contributed by atoms with van der Waals surface area (Å²) < 4.78 is 45.9. The first kappa shape index (κ1) is 30.2. The Bertz CT molecular complexity index is 1300. The second kappa shape index (κ2) is 13.2. The smallest absolute Gasteiger partial charge is 0.338 e. The predicted octanol–water partition coefficient (Wildman–Crippen LogP) is 2.43. The number of benzene rings is 1. The fourth-order valence-electron chi connectivity index (χ4n) is 4.87. The van der Waals surface area contributed by atoms with Gasteiger partial charge in [-0.05, 0) is 43.9 Å². The topological polar surface area (TPSA) is 129 Å². The first-order valence-corrected chi connectivity index (χ1v) is 15.4. The van der Waals surface area contributed by atoms with E-state index in [0.29, 0.717) is 57.9 Å². The van der Waals surface area contributed by atoms with Crippen LogP contribution in [0.5, 0.6) is 0 Å². The van der Waals surface area contributed by atoms with Crippen LogP contribution >= 0.6 is 0 Å². The molecule has 4 rings (SSSR count). The Labute approximate surface area is 236 Å². The van der Waals surface area contributed by atoms with Gasteiger partial charge in [0.15, 0.2) is 0 Å². The highest BCUT2D eigenvalue weighted by Gasteiger charge is 2.30. The molecule has 220 valence electrons. The third kappa shape index (κ3) is 7.28. The number of hydrogen-bond donors (Lipinski definition) is 1. The number of carbonyl (C=O) groups excluding carboxylic acids is 2. The largest absolute Gasteiger partial charge is 0.461 e. The van der Waals surface area contributed by atoms with Crippen LogP contribution < -0.4 is 5.32 Å². The van der Waals surface area contributed by atoms with Crippen molar-refractivity contribution in [2.75, 3.05) is 52.7 Å². The third-order valence-corrected chi connectivity index (χ3v) is 8.89. The van der Waals surface area contributed by atoms with E-state index in [2.05, 4.69) is 5.32 Å². The van der Waals surface area contributed by atoms with Crippen LogP contribution in [-0.2, 0) is 43.6 Å². The van der Waals surface area contributed by atoms with Gasteiger partial charge in [0.2, 0.25) is 10.0 Å². The second-order valence-electron chi connectivity index (χ2n) is 10.9. The first-order chi connectivity index (χ1) is 19.1. The van der Waals surface area contributed by atoms with Crippen molar-refractivity contribution in [1.82, 2.24) is 19.4 Å². The van der Waals surface area contributed by atoms with Crippen molar-refractivity contribution >= 4 is 21.9 Å². The average Bonchev–Trinajstić information content (AvgIpc) is 3.27. The van der Waals surface area contributed by atoms with Gasteiger partial charge >= 0.3 is 5.97 Å². The lowest BCUT2D eigenvalue weighted by Gasteiger charge is -2.26. The second-order valence-corrected chi connectivity index (χ2v) is 12.8. The first-order valence-electron chi connectivity index (χ1n) is 13.9. The lowest BCUT2D eigenvalue weighted by atomic mass is 9.94. The maximum absolute atomic E-state index is 13.0. The molecule has 0 bridgehead atoms. The van der Waals surface area contributed by atoms with Crippen molar-refractivity contribution in [3.63, 3.8) is 0 Å². The normalized spacial score (nSPS) is 17.9. The summed E-state index contributed by atoms with van der Waals surface area (Å²) in [6.07, 6.45) is 2.81. The Morgan fingerprint density at radius 2 is 1.85 bits per heavy atom. The SMILES string of the molecule is CCc1nn(CC(C)(C)COC(=O)c2cccc(S(=O)(=O)N3CCOCC3)c2)c2c1C(=O)NCCCOCCC2. The number of carbonyl (C=O) groups is 2. The number of rotatable bonds is 8. The molecular weight excluding hydrogens is 536 g/mol. The van der Waals surface area contributed by atoms with Gasteiger partial charge in [-0.1, -0.05) is 26.8 Å². The van der Waals surface area contributed by atoms with E-state index < -0.39 is 21.4 Å². The molecule has 0 atom stereocenters. The van der Waals surface area contributed by atoms with Crippen LogP contribution in [0.25, 0.3) is 0 Å². The molecule has 1 amide bonds. The van der Waals surface area contributed by atoms with Crippen LogP contribution in [0.2, 0.25) is 0 Å². The summed E-state index contributed by atoms with van der Waals surface area (Å²) in [7, 11) is -3.74. The molecule has 2 aliphatic rings. The standard InChI is InChI=1S/C28H40N4O7S/c1-4-23-25-24(10-6-14-37-15-7-11-29-26(25)33)32(30-23)19-28(2,3)20-39-27(34)21-8-5-9-22(18-21)40(35,36)31-12-16-38-17-13-31/h5,8-9,18H,4,6-7,10-17,19-20H2,1-3H3,(H,29,33). The number of aryl methyl sites for hydroxylation is 1. The number of ether oxygens (including phenoxy) is 3. The molecule has 0 radical (unpaired) electrons. The number of aromatic nitrogens is 2. The predicted molar refractivity (Wildman–Crippen MR) is 148 cm³/mol. The van der Waals surface area contributed by atoms with E-state index in [1.54, 1.807) is 12.1 Å². The summed E-state index contributed by atoms with van der Waals surface area (Å²) in [5.41, 5.74) is 1.90. The van der Waals surface area contributed by atoms with E-state index in [0.717, 1.165) is 24.2 Å². The zero-order chi connectivity index (χ0) is 28.8. The molecule has 1 fully saturated rings. The van der Waals surface area contributed by atoms with E-state index in [-0.39, 0.29) is 36.1 Å². The average molecular weight is 577 g/mol. The number of amides is 1. The molecule has 0 saturated carbocycles. The van der Waals surface area contributed by atoms with Crippen molar-refractivity contribution in [2.24, 2.45) is 5.41 Å². The summed E-state index contributed by atoms with van der Waals surface area (Å²) in [4.78, 5) is 26.1. The van der Waals surface area contributed by atoms with Crippen molar-refractivity contribution in [3.8, 4) is 0 Å². The molecule has 0 spiro atoms. The van der Waals surface area contributed by atoms with Crippen molar-refractivity contribution in [2.45, 2.75) is 57.9 Å². The number of sulfonamides is 1. The minimum Gasteiger partial charge on any atom is -0.461 e. The molecule has 2 aromatic rings. The minimum atomic E-state index is -3.74. The fourth-order valence-corrected chi connectivity index (χ4v) is 6.32. The molecule has 40 heavy (non-hydrogen) atoms. The van der Waals surface area contributed by atoms with Crippen LogP contribution in [0.3, 0.4) is 0 Å². The van der Waals surface area contributed by atoms with Gasteiger partial charge in [0, 0.05) is 44.8 Å². The molecule has 11 nitrogen and oxygen atoms in total. The number of morpholine rings is 1. The molecular formula is C28H40N4O7S. The van der Waals surface area contributed by atoms with E-state index in [4.69, 9.17) is 19.3 Å². The number of nitrogens with zero attached hydrogens (tertiary/aromatic N) is 3. The van der Waals surface area contributed by atoms with Crippen molar-refractivity contribution in [1.29, 1.82) is 0 Å². The molecule has 2 aliphatic heterocycles. The zero-order valence-electron chi connectivity index (χ0n) is 23.6. The molecule has 0 aliphatic carbocycles. The van der Waals surface area contributed by atoms with Gasteiger partial charge in [0.25, 0.3) is 5.91 Å². The van der Waals surface area contributed by atoms with Gasteiger partial charge in [-0.2, -0.15) is 9.40 Å². The monoisotopic (exact) mass is 576 g/mol. The van der Waals surface area contributed by atoms with E-state index >= 15 is 0 Å². The fraction of sp³-hybridized carbons (Fsp3) is 0.607. The van der Waals surface area contributed by atoms with E-state index in [9.17, 15) is 18.0 Å². The highest BCUT2D eigenvalue weighted by molar-refractivity contribution is 7.89. The van der Waals surface area contributed by atoms with Crippen LogP contribution in [-0.4, -0.2) is 87.0 Å². The van der Waals surface area contributed by atoms with Gasteiger partial charge in [-0.15, -0.1) is 0 Å². The van der Waals surface area contributed by atoms with Crippen LogP contribution in [0.4, 0.5) is 0 Å². The highest BCUT2D eigenvalue weighted by Crippen LogP contribution is 2.25. The maximum atomic E-state index is 13.0. The van der Waals surface area contributed by atoms with Crippen molar-refractivity contribution < 1.29 is 32.2 Å². The summed E-state index contributed by atoms with van der Waals surface area (Å²) in [5, 5.41) is 7.76. The number of fused-ring (bicyclic) bond motifs is 1. The van der Waals surface area contributed by atoms with Crippen LogP contribution in [0.1, 0.15) is 65.7 Å². The van der Waals surface area contributed by atoms with Crippen LogP contribution in [0, 0.1) is 5.41 Å². The Kier molecular flexibility index (Phi) is 9.99. The van der Waals surface area contributed by atoms with Gasteiger partial charge < -0.3 is 19.5 Å². The Balaban J connectivity index is 1.47. The molecule has 1 saturated heterocycles. The molecule has 1 aromatic carbocycles. The Morgan fingerprint density at radius 1 is 1.12 bits per heavy atom. The number of hydrogen-bond acceptors (Lipinski definition) is 8. The lowest BCUT2D eigenvalue weighted by molar-refractivity contribution is 0.0304. The quantitative estimate of drug-likeness (QED) is 0.475. The number of nitrogens with one attached hydrogen (secondary N) is 1. The highest BCUT2D eigenvalue weighted by atomic mass is 32.2. The molecule has 12 heteroatoms. The summed E-state index contributed by atoms with van der Waals surface area (Å²) in [6, 6.07) is 5.94. The molecule has 1 aromatic heterocycles. The van der Waals surface area contributed by atoms with Crippen LogP contribution in [0.15, 0.2) is 29.2 Å². The minimum absolute atomic E-state index is 0.0510. The number of esters is 1. The van der Waals surface area contributed by atoms with Gasteiger partial charge in [0.1, 0.15) is 0 Å². The van der Waals surface area contributed by atoms with E-state index in [1.165, 1.54) is 16.4 Å². The van der Waals surface area contributed by atoms with E-state index in [1.807, 2.05) is 25.5 Å². The lowest BCUT2D eigenvalue weighted by Crippen LogP contribution is -2.40. The van der Waals surface area contributed by atoms with Gasteiger partial charge in [-0.25, -0.2) is 13.2 Å². The zero-order valence-corrected chi connectivity index (χ0v) is 24.4. The summed E-state index contributed by atoms with van der Waals surface area (Å²) >= 11 is 0.